The van der Waals surface area contributed by atoms with Crippen LogP contribution in [0.1, 0.15) is 29.6 Å². The standard InChI is InChI=1S/C16H17FN2O5/c1-10(6-15(20)21)8-18-16(22)13-7-11(24-19-13)9-23-14-5-3-2-4-12(14)17/h2-5,7,10H,6,8-9H2,1H3,(H,18,22)(H,20,21). The van der Waals surface area contributed by atoms with Crippen molar-refractivity contribution < 1.29 is 28.3 Å². The number of carbonyl (C=O) groups excluding carboxylic acids is 1. The summed E-state index contributed by atoms with van der Waals surface area (Å²) in [6.07, 6.45) is -0.0408. The Hall–Kier alpha value is -2.90. The molecule has 1 amide bonds. The number of aliphatic carboxylic acids is 1. The lowest BCUT2D eigenvalue weighted by atomic mass is 10.1. The maximum atomic E-state index is 13.4. The topological polar surface area (TPSA) is 102 Å². The number of aromatic nitrogens is 1. The van der Waals surface area contributed by atoms with E-state index in [2.05, 4.69) is 10.5 Å². The van der Waals surface area contributed by atoms with Gasteiger partial charge in [-0.25, -0.2) is 4.39 Å². The maximum absolute atomic E-state index is 13.4. The Morgan fingerprint density at radius 1 is 1.42 bits per heavy atom. The summed E-state index contributed by atoms with van der Waals surface area (Å²) in [6.45, 7) is 1.85. The van der Waals surface area contributed by atoms with Gasteiger partial charge in [0.1, 0.15) is 6.61 Å². The number of benzene rings is 1. The third kappa shape index (κ3) is 5.08. The largest absolute Gasteiger partial charge is 0.482 e. The molecule has 0 saturated carbocycles. The molecular weight excluding hydrogens is 319 g/mol. The Bertz CT molecular complexity index is 716. The second-order valence-electron chi connectivity index (χ2n) is 5.31. The van der Waals surface area contributed by atoms with Crippen molar-refractivity contribution in [1.29, 1.82) is 0 Å². The first-order valence-corrected chi connectivity index (χ1v) is 7.28. The highest BCUT2D eigenvalue weighted by molar-refractivity contribution is 5.92. The smallest absolute Gasteiger partial charge is 0.303 e. The van der Waals surface area contributed by atoms with E-state index in [-0.39, 0.29) is 42.7 Å². The Morgan fingerprint density at radius 2 is 2.17 bits per heavy atom. The SMILES string of the molecule is CC(CNC(=O)c1cc(COc2ccccc2F)on1)CC(=O)O. The number of carboxylic acid groups (broad SMARTS) is 1. The van der Waals surface area contributed by atoms with Crippen LogP contribution in [0.5, 0.6) is 5.75 Å². The predicted molar refractivity (Wildman–Crippen MR) is 81.0 cm³/mol. The van der Waals surface area contributed by atoms with Crippen molar-refractivity contribution in [2.24, 2.45) is 5.92 Å². The molecule has 0 bridgehead atoms. The summed E-state index contributed by atoms with van der Waals surface area (Å²) in [5.41, 5.74) is 0.0460. The minimum atomic E-state index is -0.925. The normalized spacial score (nSPS) is 11.8. The van der Waals surface area contributed by atoms with Crippen LogP contribution in [0.2, 0.25) is 0 Å². The van der Waals surface area contributed by atoms with Gasteiger partial charge in [-0.05, 0) is 18.1 Å². The summed E-state index contributed by atoms with van der Waals surface area (Å²) in [7, 11) is 0. The third-order valence-electron chi connectivity index (χ3n) is 3.13. The molecule has 2 aromatic rings. The molecule has 0 aliphatic rings. The molecular formula is C16H17FN2O5. The summed E-state index contributed by atoms with van der Waals surface area (Å²) >= 11 is 0. The molecule has 7 nitrogen and oxygen atoms in total. The molecule has 1 atom stereocenters. The average Bonchev–Trinajstić information content (AvgIpc) is 3.00. The number of nitrogens with one attached hydrogen (secondary N) is 1. The average molecular weight is 336 g/mol. The first kappa shape index (κ1) is 17.5. The van der Waals surface area contributed by atoms with Crippen LogP contribution < -0.4 is 10.1 Å². The van der Waals surface area contributed by atoms with E-state index >= 15 is 0 Å². The molecule has 1 unspecified atom stereocenters. The molecule has 0 fully saturated rings. The zero-order valence-electron chi connectivity index (χ0n) is 13.0. The summed E-state index contributed by atoms with van der Waals surface area (Å²) in [4.78, 5) is 22.5. The van der Waals surface area contributed by atoms with Gasteiger partial charge in [0.15, 0.2) is 23.0 Å². The van der Waals surface area contributed by atoms with Gasteiger partial charge in [0, 0.05) is 19.0 Å². The van der Waals surface area contributed by atoms with E-state index < -0.39 is 17.7 Å². The summed E-state index contributed by atoms with van der Waals surface area (Å²) < 4.78 is 23.6. The second-order valence-corrected chi connectivity index (χ2v) is 5.31. The van der Waals surface area contributed by atoms with Crippen molar-refractivity contribution >= 4 is 11.9 Å². The third-order valence-corrected chi connectivity index (χ3v) is 3.13. The van der Waals surface area contributed by atoms with Gasteiger partial charge in [0.05, 0.1) is 0 Å². The molecule has 128 valence electrons. The fourth-order valence-electron chi connectivity index (χ4n) is 1.93. The molecule has 0 aliphatic carbocycles. The predicted octanol–water partition coefficient (Wildman–Crippen LogP) is 2.23. The van der Waals surface area contributed by atoms with Crippen molar-refractivity contribution in [2.75, 3.05) is 6.54 Å². The van der Waals surface area contributed by atoms with Gasteiger partial charge in [-0.1, -0.05) is 24.2 Å². The van der Waals surface area contributed by atoms with Crippen LogP contribution in [0, 0.1) is 11.7 Å². The first-order valence-electron chi connectivity index (χ1n) is 7.28. The lowest BCUT2D eigenvalue weighted by Crippen LogP contribution is -2.29. The molecule has 8 heteroatoms. The molecule has 0 radical (unpaired) electrons. The molecule has 1 aromatic carbocycles. The molecule has 1 heterocycles. The number of nitrogens with zero attached hydrogens (tertiary/aromatic N) is 1. The number of carbonyl (C=O) groups is 2. The molecule has 2 rings (SSSR count). The van der Waals surface area contributed by atoms with Crippen LogP contribution in [0.25, 0.3) is 0 Å². The van der Waals surface area contributed by atoms with Crippen LogP contribution in [-0.2, 0) is 11.4 Å². The first-order chi connectivity index (χ1) is 11.5. The van der Waals surface area contributed by atoms with E-state index in [1.165, 1.54) is 18.2 Å². The number of amides is 1. The van der Waals surface area contributed by atoms with Crippen LogP contribution >= 0.6 is 0 Å². The molecule has 2 N–H and O–H groups in total. The van der Waals surface area contributed by atoms with Gasteiger partial charge in [-0.2, -0.15) is 0 Å². The van der Waals surface area contributed by atoms with Crippen molar-refractivity contribution in [3.05, 3.63) is 47.6 Å². The fraction of sp³-hybridized carbons (Fsp3) is 0.312. The van der Waals surface area contributed by atoms with Gasteiger partial charge in [-0.3, -0.25) is 9.59 Å². The Labute approximate surface area is 137 Å². The van der Waals surface area contributed by atoms with Crippen LogP contribution in [0.15, 0.2) is 34.9 Å². The number of carboxylic acids is 1. The van der Waals surface area contributed by atoms with E-state index in [0.29, 0.717) is 0 Å². The molecule has 0 saturated heterocycles. The van der Waals surface area contributed by atoms with Gasteiger partial charge in [0.2, 0.25) is 0 Å². The highest BCUT2D eigenvalue weighted by Crippen LogP contribution is 2.17. The van der Waals surface area contributed by atoms with Crippen LogP contribution in [0.3, 0.4) is 0 Å². The number of ether oxygens (including phenoxy) is 1. The van der Waals surface area contributed by atoms with Crippen molar-refractivity contribution in [2.45, 2.75) is 20.0 Å². The van der Waals surface area contributed by atoms with Crippen LogP contribution in [0.4, 0.5) is 4.39 Å². The van der Waals surface area contributed by atoms with E-state index in [4.69, 9.17) is 14.4 Å². The molecule has 24 heavy (non-hydrogen) atoms. The van der Waals surface area contributed by atoms with Gasteiger partial charge >= 0.3 is 5.97 Å². The highest BCUT2D eigenvalue weighted by atomic mass is 19.1. The number of hydrogen-bond acceptors (Lipinski definition) is 5. The summed E-state index contributed by atoms with van der Waals surface area (Å²) in [6, 6.07) is 7.31. The van der Waals surface area contributed by atoms with E-state index in [1.807, 2.05) is 0 Å². The van der Waals surface area contributed by atoms with E-state index in [9.17, 15) is 14.0 Å². The lowest BCUT2D eigenvalue weighted by molar-refractivity contribution is -0.137. The van der Waals surface area contributed by atoms with Gasteiger partial charge < -0.3 is 19.7 Å². The number of rotatable bonds is 8. The lowest BCUT2D eigenvalue weighted by Gasteiger charge is -2.08. The molecule has 0 aliphatic heterocycles. The van der Waals surface area contributed by atoms with Crippen molar-refractivity contribution in [1.82, 2.24) is 10.5 Å². The number of para-hydroxylation sites is 1. The Balaban J connectivity index is 1.85. The molecule has 1 aromatic heterocycles. The van der Waals surface area contributed by atoms with Crippen molar-refractivity contribution in [3.8, 4) is 5.75 Å². The second kappa shape index (κ2) is 8.09. The van der Waals surface area contributed by atoms with E-state index in [1.54, 1.807) is 19.1 Å². The maximum Gasteiger partial charge on any atom is 0.303 e. The summed E-state index contributed by atoms with van der Waals surface area (Å²) in [5.74, 6) is -1.77. The minimum Gasteiger partial charge on any atom is -0.482 e. The van der Waals surface area contributed by atoms with Gasteiger partial charge in [0.25, 0.3) is 5.91 Å². The minimum absolute atomic E-state index is 0.0408. The Morgan fingerprint density at radius 3 is 2.88 bits per heavy atom. The highest BCUT2D eigenvalue weighted by Gasteiger charge is 2.15. The number of halogens is 1. The van der Waals surface area contributed by atoms with E-state index in [0.717, 1.165) is 0 Å². The zero-order chi connectivity index (χ0) is 17.5. The van der Waals surface area contributed by atoms with Gasteiger partial charge in [-0.15, -0.1) is 0 Å². The summed E-state index contributed by atoms with van der Waals surface area (Å²) in [5, 5.41) is 14.8. The Kier molecular flexibility index (Phi) is 5.89. The monoisotopic (exact) mass is 336 g/mol. The quantitative estimate of drug-likeness (QED) is 0.766. The fourth-order valence-corrected chi connectivity index (χ4v) is 1.93. The zero-order valence-corrected chi connectivity index (χ0v) is 13.0. The number of hydrogen-bond donors (Lipinski definition) is 2. The van der Waals surface area contributed by atoms with Crippen molar-refractivity contribution in [3.63, 3.8) is 0 Å². The molecule has 0 spiro atoms. The van der Waals surface area contributed by atoms with Crippen LogP contribution in [-0.4, -0.2) is 28.7 Å².